The standard InChI is InChI=1S/C10H14ClO4P/c1-10(12,16(13,14-2)15-3)8-6-4-5-7-9(8)11/h4-7,12H,1-3H3/t10-/m1/s1. The highest BCUT2D eigenvalue weighted by Crippen LogP contribution is 2.63. The van der Waals surface area contributed by atoms with E-state index in [4.69, 9.17) is 20.6 Å². The zero-order valence-corrected chi connectivity index (χ0v) is 11.0. The molecule has 1 aromatic rings. The Balaban J connectivity index is 3.31. The molecule has 0 saturated carbocycles. The average molecular weight is 265 g/mol. The van der Waals surface area contributed by atoms with Crippen molar-refractivity contribution in [2.45, 2.75) is 12.3 Å². The molecule has 4 nitrogen and oxygen atoms in total. The van der Waals surface area contributed by atoms with Gasteiger partial charge in [-0.25, -0.2) is 0 Å². The third-order valence-electron chi connectivity index (χ3n) is 2.40. The van der Waals surface area contributed by atoms with Crippen LogP contribution in [0.2, 0.25) is 5.02 Å². The van der Waals surface area contributed by atoms with Crippen molar-refractivity contribution in [3.63, 3.8) is 0 Å². The second-order valence-corrected chi connectivity index (χ2v) is 6.37. The van der Waals surface area contributed by atoms with Crippen LogP contribution in [0.1, 0.15) is 12.5 Å². The quantitative estimate of drug-likeness (QED) is 0.850. The molecule has 0 aliphatic carbocycles. The average Bonchev–Trinajstić information content (AvgIpc) is 2.28. The molecule has 90 valence electrons. The molecule has 0 fully saturated rings. The molecule has 0 radical (unpaired) electrons. The molecule has 1 rings (SSSR count). The van der Waals surface area contributed by atoms with Crippen molar-refractivity contribution >= 4 is 19.2 Å². The Morgan fingerprint density at radius 1 is 1.31 bits per heavy atom. The summed E-state index contributed by atoms with van der Waals surface area (Å²) in [4.78, 5) is 0. The lowest BCUT2D eigenvalue weighted by Crippen LogP contribution is -2.23. The summed E-state index contributed by atoms with van der Waals surface area (Å²) < 4.78 is 21.7. The van der Waals surface area contributed by atoms with Crippen LogP contribution in [0.25, 0.3) is 0 Å². The van der Waals surface area contributed by atoms with Crippen LogP contribution in [-0.2, 0) is 19.0 Å². The number of halogens is 1. The normalized spacial score (nSPS) is 15.8. The summed E-state index contributed by atoms with van der Waals surface area (Å²) in [6, 6.07) is 6.58. The molecule has 16 heavy (non-hydrogen) atoms. The summed E-state index contributed by atoms with van der Waals surface area (Å²) in [5, 5.41) is 8.81. The minimum Gasteiger partial charge on any atom is -0.373 e. The van der Waals surface area contributed by atoms with Gasteiger partial charge in [-0.3, -0.25) is 4.57 Å². The van der Waals surface area contributed by atoms with E-state index in [0.29, 0.717) is 10.6 Å². The van der Waals surface area contributed by atoms with Crippen LogP contribution < -0.4 is 0 Å². The SMILES string of the molecule is COP(=O)(OC)[C@@](C)(O)c1ccccc1Cl. The van der Waals surface area contributed by atoms with Gasteiger partial charge in [0, 0.05) is 24.8 Å². The summed E-state index contributed by atoms with van der Waals surface area (Å²) in [6.07, 6.45) is 0. The molecule has 0 bridgehead atoms. The van der Waals surface area contributed by atoms with Crippen LogP contribution in [0, 0.1) is 0 Å². The van der Waals surface area contributed by atoms with Crippen LogP contribution >= 0.6 is 19.2 Å². The molecule has 0 aliphatic rings. The lowest BCUT2D eigenvalue weighted by molar-refractivity contribution is 0.0933. The molecule has 6 heteroatoms. The summed E-state index contributed by atoms with van der Waals surface area (Å²) in [5.74, 6) is 0. The van der Waals surface area contributed by atoms with Gasteiger partial charge in [-0.15, -0.1) is 0 Å². The van der Waals surface area contributed by atoms with Crippen LogP contribution in [0.4, 0.5) is 0 Å². The lowest BCUT2D eigenvalue weighted by Gasteiger charge is -2.30. The molecule has 0 heterocycles. The van der Waals surface area contributed by atoms with E-state index in [1.165, 1.54) is 21.1 Å². The van der Waals surface area contributed by atoms with Crippen molar-refractivity contribution in [1.82, 2.24) is 0 Å². The second-order valence-electron chi connectivity index (χ2n) is 3.36. The van der Waals surface area contributed by atoms with Crippen molar-refractivity contribution in [3.05, 3.63) is 34.9 Å². The number of hydrogen-bond acceptors (Lipinski definition) is 4. The minimum absolute atomic E-state index is 0.307. The van der Waals surface area contributed by atoms with Crippen molar-refractivity contribution in [2.75, 3.05) is 14.2 Å². The van der Waals surface area contributed by atoms with E-state index in [9.17, 15) is 9.67 Å². The number of aliphatic hydroxyl groups is 1. The molecule has 1 N–H and O–H groups in total. The van der Waals surface area contributed by atoms with Gasteiger partial charge >= 0.3 is 7.60 Å². The topological polar surface area (TPSA) is 55.8 Å². The highest BCUT2D eigenvalue weighted by Gasteiger charge is 2.47. The zero-order valence-electron chi connectivity index (χ0n) is 9.31. The monoisotopic (exact) mass is 264 g/mol. The van der Waals surface area contributed by atoms with Gasteiger partial charge in [0.1, 0.15) is 0 Å². The fourth-order valence-corrected chi connectivity index (χ4v) is 3.16. The maximum atomic E-state index is 12.2. The van der Waals surface area contributed by atoms with E-state index >= 15 is 0 Å². The largest absolute Gasteiger partial charge is 0.373 e. The van der Waals surface area contributed by atoms with Crippen molar-refractivity contribution < 1.29 is 18.7 Å². The Labute approximate surface area is 99.7 Å². The molecule has 1 aromatic carbocycles. The van der Waals surface area contributed by atoms with E-state index in [0.717, 1.165) is 0 Å². The number of rotatable bonds is 4. The molecule has 1 atom stereocenters. The molecule has 0 aliphatic heterocycles. The van der Waals surface area contributed by atoms with Gasteiger partial charge in [-0.2, -0.15) is 0 Å². The first kappa shape index (κ1) is 13.7. The summed E-state index contributed by atoms with van der Waals surface area (Å²) >= 11 is 5.94. The molecular weight excluding hydrogens is 251 g/mol. The Hall–Kier alpha value is -0.380. The molecule has 0 spiro atoms. The maximum absolute atomic E-state index is 12.2. The number of hydrogen-bond donors (Lipinski definition) is 1. The van der Waals surface area contributed by atoms with Crippen molar-refractivity contribution in [1.29, 1.82) is 0 Å². The first-order valence-corrected chi connectivity index (χ1v) is 6.50. The zero-order chi connectivity index (χ0) is 12.4. The van der Waals surface area contributed by atoms with Crippen LogP contribution in [-0.4, -0.2) is 19.3 Å². The second kappa shape index (κ2) is 4.86. The molecular formula is C10H14ClO4P. The van der Waals surface area contributed by atoms with Crippen molar-refractivity contribution in [2.24, 2.45) is 0 Å². The van der Waals surface area contributed by atoms with Gasteiger partial charge in [-0.05, 0) is 13.0 Å². The smallest absolute Gasteiger partial charge is 0.365 e. The Morgan fingerprint density at radius 2 is 1.81 bits per heavy atom. The first-order chi connectivity index (χ1) is 7.39. The Morgan fingerprint density at radius 3 is 2.25 bits per heavy atom. The third-order valence-corrected chi connectivity index (χ3v) is 5.00. The maximum Gasteiger partial charge on any atom is 0.365 e. The van der Waals surface area contributed by atoms with Gasteiger partial charge in [0.2, 0.25) is 0 Å². The Kier molecular flexibility index (Phi) is 4.16. The van der Waals surface area contributed by atoms with E-state index in [-0.39, 0.29) is 0 Å². The van der Waals surface area contributed by atoms with Gasteiger partial charge in [0.05, 0.1) is 0 Å². The predicted octanol–water partition coefficient (Wildman–Crippen LogP) is 2.99. The fourth-order valence-electron chi connectivity index (χ4n) is 1.42. The van der Waals surface area contributed by atoms with E-state index < -0.39 is 12.9 Å². The molecule has 0 amide bonds. The summed E-state index contributed by atoms with van der Waals surface area (Å²) in [5.41, 5.74) is 0.309. The minimum atomic E-state index is -3.66. The first-order valence-electron chi connectivity index (χ1n) is 4.58. The summed E-state index contributed by atoms with van der Waals surface area (Å²) in [6.45, 7) is 1.35. The van der Waals surface area contributed by atoms with Gasteiger partial charge in [-0.1, -0.05) is 29.8 Å². The lowest BCUT2D eigenvalue weighted by atomic mass is 10.1. The van der Waals surface area contributed by atoms with Gasteiger partial charge in [0.15, 0.2) is 5.34 Å². The summed E-state index contributed by atoms with van der Waals surface area (Å²) in [7, 11) is -1.23. The molecule has 0 aromatic heterocycles. The highest BCUT2D eigenvalue weighted by atomic mass is 35.5. The van der Waals surface area contributed by atoms with Crippen molar-refractivity contribution in [3.8, 4) is 0 Å². The highest BCUT2D eigenvalue weighted by molar-refractivity contribution is 7.54. The van der Waals surface area contributed by atoms with Gasteiger partial charge < -0.3 is 14.2 Å². The van der Waals surface area contributed by atoms with E-state index in [1.807, 2.05) is 0 Å². The van der Waals surface area contributed by atoms with Gasteiger partial charge in [0.25, 0.3) is 0 Å². The van der Waals surface area contributed by atoms with Crippen LogP contribution in [0.5, 0.6) is 0 Å². The fraction of sp³-hybridized carbons (Fsp3) is 0.400. The van der Waals surface area contributed by atoms with E-state index in [1.54, 1.807) is 24.3 Å². The third kappa shape index (κ3) is 2.17. The van der Waals surface area contributed by atoms with Crippen LogP contribution in [0.3, 0.4) is 0 Å². The Bertz CT molecular complexity index is 411. The molecule has 0 unspecified atom stereocenters. The number of benzene rings is 1. The predicted molar refractivity (Wildman–Crippen MR) is 62.6 cm³/mol. The van der Waals surface area contributed by atoms with Crippen LogP contribution in [0.15, 0.2) is 24.3 Å². The van der Waals surface area contributed by atoms with E-state index in [2.05, 4.69) is 0 Å². The molecule has 0 saturated heterocycles.